The summed E-state index contributed by atoms with van der Waals surface area (Å²) in [7, 11) is 2.17. The number of rotatable bonds is 4. The molecule has 0 amide bonds. The first-order chi connectivity index (χ1) is 12.2. The smallest absolute Gasteiger partial charge is 0.344 e. The van der Waals surface area contributed by atoms with Gasteiger partial charge in [0.25, 0.3) is 0 Å². The lowest BCUT2D eigenvalue weighted by atomic mass is 9.82. The molecular weight excluding hydrogens is 440 g/mol. The zero-order valence-electron chi connectivity index (χ0n) is 15.4. The molecule has 4 aliphatic rings. The molecule has 3 aliphatic heterocycles. The van der Waals surface area contributed by atoms with E-state index in [4.69, 9.17) is 4.74 Å². The first-order valence-corrected chi connectivity index (χ1v) is 10.3. The third kappa shape index (κ3) is 3.82. The van der Waals surface area contributed by atoms with Crippen LogP contribution in [0.3, 0.4) is 0 Å². The monoisotopic (exact) mass is 465 g/mol. The SMILES string of the molecule is C[N+]12CCC(CC1)[C@@H](OC(=O)C(O)(c1cccs1)C1CCC(F)(F)C1)C2.[Br-]. The predicted octanol–water partition coefficient (Wildman–Crippen LogP) is 0.157. The van der Waals surface area contributed by atoms with Crippen molar-refractivity contribution in [2.75, 3.05) is 26.7 Å². The molecule has 4 heterocycles. The molecule has 1 aromatic heterocycles. The Morgan fingerprint density at radius 3 is 2.59 bits per heavy atom. The number of hydrogen-bond donors (Lipinski definition) is 1. The number of carbonyl (C=O) groups excluding carboxylic acids is 1. The van der Waals surface area contributed by atoms with Crippen LogP contribution >= 0.6 is 11.3 Å². The molecule has 27 heavy (non-hydrogen) atoms. The Labute approximate surface area is 172 Å². The number of thiophene rings is 1. The van der Waals surface area contributed by atoms with Crippen LogP contribution in [0, 0.1) is 11.8 Å². The summed E-state index contributed by atoms with van der Waals surface area (Å²) in [6.45, 7) is 2.92. The second-order valence-corrected chi connectivity index (χ2v) is 9.52. The van der Waals surface area contributed by atoms with Crippen molar-refractivity contribution in [2.45, 2.75) is 49.7 Å². The van der Waals surface area contributed by atoms with Crippen LogP contribution in [-0.2, 0) is 15.1 Å². The largest absolute Gasteiger partial charge is 1.00 e. The minimum atomic E-state index is -2.83. The summed E-state index contributed by atoms with van der Waals surface area (Å²) in [6.07, 6.45) is 1.14. The van der Waals surface area contributed by atoms with Crippen molar-refractivity contribution in [3.05, 3.63) is 22.4 Å². The van der Waals surface area contributed by atoms with Crippen molar-refractivity contribution in [2.24, 2.45) is 11.8 Å². The molecule has 1 aliphatic carbocycles. The average Bonchev–Trinajstić information content (AvgIpc) is 3.24. The highest BCUT2D eigenvalue weighted by molar-refractivity contribution is 7.10. The normalized spacial score (nSPS) is 36.7. The standard InChI is InChI=1S/C19H26F2NO3S.BrH/c1-22-8-5-13(6-9-22)15(12-22)25-17(23)19(24,16-3-2-10-26-16)14-4-7-18(20,21)11-14;/h2-3,10,13-15,24H,4-9,11-12H2,1H3;1H/q+1;/p-1/t13?,14?,15-,19?,22?;/m0./s1. The van der Waals surface area contributed by atoms with Gasteiger partial charge in [-0.15, -0.1) is 11.3 Å². The van der Waals surface area contributed by atoms with Crippen molar-refractivity contribution in [3.63, 3.8) is 0 Å². The van der Waals surface area contributed by atoms with E-state index in [1.807, 2.05) is 0 Å². The van der Waals surface area contributed by atoms with Gasteiger partial charge in [-0.2, -0.15) is 0 Å². The number of quaternary nitrogens is 1. The first kappa shape index (κ1) is 21.1. The fourth-order valence-electron chi connectivity index (χ4n) is 4.98. The number of carbonyl (C=O) groups is 1. The van der Waals surface area contributed by atoms with Crippen LogP contribution in [0.5, 0.6) is 0 Å². The molecule has 1 aromatic rings. The Morgan fingerprint density at radius 1 is 1.37 bits per heavy atom. The van der Waals surface area contributed by atoms with Crippen LogP contribution < -0.4 is 17.0 Å². The van der Waals surface area contributed by atoms with Crippen LogP contribution in [0.15, 0.2) is 17.5 Å². The van der Waals surface area contributed by atoms with Gasteiger partial charge in [0.15, 0.2) is 11.7 Å². The first-order valence-electron chi connectivity index (χ1n) is 9.41. The molecule has 0 radical (unpaired) electrons. The molecule has 1 saturated carbocycles. The molecule has 3 atom stereocenters. The zero-order valence-corrected chi connectivity index (χ0v) is 17.8. The molecular formula is C19H26BrF2NO3S. The maximum Gasteiger partial charge on any atom is 0.344 e. The van der Waals surface area contributed by atoms with Crippen molar-refractivity contribution < 1.29 is 44.9 Å². The number of nitrogens with zero attached hydrogens (tertiary/aromatic N) is 1. The fraction of sp³-hybridized carbons (Fsp3) is 0.737. The van der Waals surface area contributed by atoms with Crippen LogP contribution in [0.1, 0.15) is 37.0 Å². The number of halogens is 3. The summed E-state index contributed by atoms with van der Waals surface area (Å²) in [4.78, 5) is 13.5. The van der Waals surface area contributed by atoms with Gasteiger partial charge < -0.3 is 31.3 Å². The van der Waals surface area contributed by atoms with E-state index in [-0.39, 0.29) is 35.9 Å². The van der Waals surface area contributed by atoms with Gasteiger partial charge in [0.2, 0.25) is 5.92 Å². The summed E-state index contributed by atoms with van der Waals surface area (Å²) in [5.41, 5.74) is -1.97. The Hall–Kier alpha value is -0.570. The second kappa shape index (κ2) is 7.35. The Morgan fingerprint density at radius 2 is 2.07 bits per heavy atom. The van der Waals surface area contributed by atoms with E-state index in [2.05, 4.69) is 7.05 Å². The van der Waals surface area contributed by atoms with E-state index >= 15 is 0 Å². The van der Waals surface area contributed by atoms with Crippen molar-refractivity contribution in [1.29, 1.82) is 0 Å². The molecule has 5 rings (SSSR count). The van der Waals surface area contributed by atoms with E-state index in [1.54, 1.807) is 17.5 Å². The van der Waals surface area contributed by atoms with Gasteiger partial charge in [-0.3, -0.25) is 0 Å². The lowest BCUT2D eigenvalue weighted by Gasteiger charge is -2.50. The van der Waals surface area contributed by atoms with E-state index in [1.165, 1.54) is 11.3 Å². The highest BCUT2D eigenvalue weighted by atomic mass is 79.9. The molecule has 2 bridgehead atoms. The molecule has 4 nitrogen and oxygen atoms in total. The number of hydrogen-bond acceptors (Lipinski definition) is 4. The molecule has 0 aromatic carbocycles. The number of esters is 1. The van der Waals surface area contributed by atoms with Crippen LogP contribution in [-0.4, -0.2) is 54.3 Å². The van der Waals surface area contributed by atoms with Crippen molar-refractivity contribution >= 4 is 17.3 Å². The number of alkyl halides is 2. The van der Waals surface area contributed by atoms with E-state index < -0.39 is 29.8 Å². The van der Waals surface area contributed by atoms with Crippen molar-refractivity contribution in [3.8, 4) is 0 Å². The summed E-state index contributed by atoms with van der Waals surface area (Å²) >= 11 is 1.22. The minimum Gasteiger partial charge on any atom is -1.00 e. The van der Waals surface area contributed by atoms with Gasteiger partial charge in [-0.1, -0.05) is 6.07 Å². The summed E-state index contributed by atoms with van der Waals surface area (Å²) in [5, 5.41) is 13.1. The van der Waals surface area contributed by atoms with Gasteiger partial charge in [-0.05, 0) is 17.9 Å². The van der Waals surface area contributed by atoms with Gasteiger partial charge >= 0.3 is 5.97 Å². The number of aliphatic hydroxyl groups is 1. The topological polar surface area (TPSA) is 46.5 Å². The Kier molecular flexibility index (Phi) is 5.76. The highest BCUT2D eigenvalue weighted by Gasteiger charge is 2.56. The van der Waals surface area contributed by atoms with Gasteiger partial charge in [0.05, 0.1) is 20.1 Å². The third-order valence-corrected chi connectivity index (χ3v) is 7.68. The number of likely N-dealkylation sites (N-methyl/N-ethyl adjacent to an activating group) is 1. The number of piperidine rings is 3. The molecule has 152 valence electrons. The Bertz CT molecular complexity index is 679. The fourth-order valence-corrected chi connectivity index (χ4v) is 5.87. The average molecular weight is 466 g/mol. The Balaban J connectivity index is 0.00000210. The lowest BCUT2D eigenvalue weighted by molar-refractivity contribution is -0.928. The maximum atomic E-state index is 13.8. The van der Waals surface area contributed by atoms with E-state index in [0.29, 0.717) is 10.8 Å². The molecule has 4 fully saturated rings. The van der Waals surface area contributed by atoms with Crippen LogP contribution in [0.4, 0.5) is 8.78 Å². The number of fused-ring (bicyclic) bond motifs is 3. The predicted molar refractivity (Wildman–Crippen MR) is 93.9 cm³/mol. The third-order valence-electron chi connectivity index (χ3n) is 6.69. The number of ether oxygens (including phenoxy) is 1. The summed E-state index contributed by atoms with van der Waals surface area (Å²) in [5.74, 6) is -4.07. The molecule has 1 N–H and O–H groups in total. The van der Waals surface area contributed by atoms with Gasteiger partial charge in [0.1, 0.15) is 6.54 Å². The molecule has 3 saturated heterocycles. The van der Waals surface area contributed by atoms with Gasteiger partial charge in [-0.25, -0.2) is 13.6 Å². The zero-order chi connectivity index (χ0) is 18.6. The maximum absolute atomic E-state index is 13.8. The van der Waals surface area contributed by atoms with Crippen molar-refractivity contribution in [1.82, 2.24) is 0 Å². The minimum absolute atomic E-state index is 0. The van der Waals surface area contributed by atoms with Gasteiger partial charge in [0, 0.05) is 42.4 Å². The molecule has 8 heteroatoms. The summed E-state index contributed by atoms with van der Waals surface area (Å²) < 4.78 is 34.3. The van der Waals surface area contributed by atoms with Crippen LogP contribution in [0.25, 0.3) is 0 Å². The summed E-state index contributed by atoms with van der Waals surface area (Å²) in [6, 6.07) is 3.37. The van der Waals surface area contributed by atoms with Crippen LogP contribution in [0.2, 0.25) is 0 Å². The lowest BCUT2D eigenvalue weighted by Crippen LogP contribution is -3.00. The molecule has 2 unspecified atom stereocenters. The quantitative estimate of drug-likeness (QED) is 0.508. The van der Waals surface area contributed by atoms with E-state index in [0.717, 1.165) is 37.0 Å². The molecule has 0 spiro atoms. The highest BCUT2D eigenvalue weighted by Crippen LogP contribution is 2.49. The second-order valence-electron chi connectivity index (χ2n) is 8.57. The van der Waals surface area contributed by atoms with E-state index in [9.17, 15) is 18.7 Å².